The monoisotopic (exact) mass is 154 g/mol. The minimum Gasteiger partial charge on any atom is -0.310 e. The molecule has 0 bridgehead atoms. The van der Waals surface area contributed by atoms with E-state index in [1.54, 1.807) is 0 Å². The molecule has 2 atom stereocenters. The first-order chi connectivity index (χ1) is 5.24. The summed E-state index contributed by atoms with van der Waals surface area (Å²) in [6, 6.07) is 0. The lowest BCUT2D eigenvalue weighted by molar-refractivity contribution is 0.312. The zero-order valence-electron chi connectivity index (χ0n) is 7.56. The van der Waals surface area contributed by atoms with Crippen molar-refractivity contribution in [2.75, 3.05) is 26.2 Å². The van der Waals surface area contributed by atoms with E-state index in [4.69, 9.17) is 0 Å². The number of fused-ring (bicyclic) bond motifs is 1. The zero-order valence-corrected chi connectivity index (χ0v) is 7.56. The third-order valence-corrected chi connectivity index (χ3v) is 3.40. The van der Waals surface area contributed by atoms with Crippen molar-refractivity contribution in [3.63, 3.8) is 0 Å². The fourth-order valence-corrected chi connectivity index (χ4v) is 2.55. The second-order valence-electron chi connectivity index (χ2n) is 4.16. The Bertz CT molecular complexity index is 158. The standard InChI is InChI=1S/C9H18N2/c1-3-11-6-8-4-5-10-9(8,2)7-11/h8,10H,3-7H2,1-2H3. The van der Waals surface area contributed by atoms with Gasteiger partial charge in [-0.3, -0.25) is 0 Å². The Morgan fingerprint density at radius 3 is 3.09 bits per heavy atom. The predicted molar refractivity (Wildman–Crippen MR) is 46.6 cm³/mol. The molecular weight excluding hydrogens is 136 g/mol. The van der Waals surface area contributed by atoms with Crippen LogP contribution in [-0.2, 0) is 0 Å². The first-order valence-electron chi connectivity index (χ1n) is 4.72. The van der Waals surface area contributed by atoms with Crippen molar-refractivity contribution in [2.45, 2.75) is 25.8 Å². The smallest absolute Gasteiger partial charge is 0.0321 e. The van der Waals surface area contributed by atoms with Gasteiger partial charge < -0.3 is 10.2 Å². The van der Waals surface area contributed by atoms with Gasteiger partial charge in [-0.15, -0.1) is 0 Å². The van der Waals surface area contributed by atoms with E-state index in [2.05, 4.69) is 24.1 Å². The first-order valence-corrected chi connectivity index (χ1v) is 4.72. The van der Waals surface area contributed by atoms with Crippen molar-refractivity contribution >= 4 is 0 Å². The van der Waals surface area contributed by atoms with E-state index in [0.29, 0.717) is 5.54 Å². The van der Waals surface area contributed by atoms with Crippen molar-refractivity contribution in [3.8, 4) is 0 Å². The van der Waals surface area contributed by atoms with E-state index >= 15 is 0 Å². The summed E-state index contributed by atoms with van der Waals surface area (Å²) in [4.78, 5) is 2.55. The highest BCUT2D eigenvalue weighted by atomic mass is 15.2. The Balaban J connectivity index is 2.06. The fraction of sp³-hybridized carbons (Fsp3) is 1.00. The molecule has 2 heterocycles. The van der Waals surface area contributed by atoms with Crippen molar-refractivity contribution in [2.24, 2.45) is 5.92 Å². The molecule has 1 N–H and O–H groups in total. The number of likely N-dealkylation sites (tertiary alicyclic amines) is 1. The topological polar surface area (TPSA) is 15.3 Å². The average Bonchev–Trinajstić information content (AvgIpc) is 2.42. The van der Waals surface area contributed by atoms with Crippen molar-refractivity contribution < 1.29 is 0 Å². The zero-order chi connectivity index (χ0) is 7.90. The molecule has 2 heteroatoms. The van der Waals surface area contributed by atoms with Gasteiger partial charge in [0.15, 0.2) is 0 Å². The molecule has 11 heavy (non-hydrogen) atoms. The van der Waals surface area contributed by atoms with Crippen LogP contribution in [0.4, 0.5) is 0 Å². The van der Waals surface area contributed by atoms with Crippen molar-refractivity contribution in [1.82, 2.24) is 10.2 Å². The lowest BCUT2D eigenvalue weighted by atomic mass is 9.91. The second-order valence-corrected chi connectivity index (χ2v) is 4.16. The number of rotatable bonds is 1. The van der Waals surface area contributed by atoms with Crippen molar-refractivity contribution in [3.05, 3.63) is 0 Å². The van der Waals surface area contributed by atoms with Gasteiger partial charge in [-0.05, 0) is 32.4 Å². The van der Waals surface area contributed by atoms with Gasteiger partial charge in [0, 0.05) is 18.6 Å². The number of likely N-dealkylation sites (N-methyl/N-ethyl adjacent to an activating group) is 1. The van der Waals surface area contributed by atoms with Crippen LogP contribution in [0.25, 0.3) is 0 Å². The molecule has 2 fully saturated rings. The third-order valence-electron chi connectivity index (χ3n) is 3.40. The van der Waals surface area contributed by atoms with Crippen LogP contribution < -0.4 is 5.32 Å². The van der Waals surface area contributed by atoms with Gasteiger partial charge in [0.25, 0.3) is 0 Å². The Morgan fingerprint density at radius 1 is 1.64 bits per heavy atom. The molecule has 0 aromatic rings. The van der Waals surface area contributed by atoms with Crippen LogP contribution in [0.15, 0.2) is 0 Å². The molecule has 2 rings (SSSR count). The van der Waals surface area contributed by atoms with Gasteiger partial charge in [0.1, 0.15) is 0 Å². The van der Waals surface area contributed by atoms with Gasteiger partial charge in [-0.25, -0.2) is 0 Å². The van der Waals surface area contributed by atoms with Crippen LogP contribution in [-0.4, -0.2) is 36.6 Å². The van der Waals surface area contributed by atoms with Gasteiger partial charge in [-0.2, -0.15) is 0 Å². The van der Waals surface area contributed by atoms with E-state index in [0.717, 1.165) is 5.92 Å². The van der Waals surface area contributed by atoms with Crippen LogP contribution in [0.2, 0.25) is 0 Å². The summed E-state index contributed by atoms with van der Waals surface area (Å²) in [6.45, 7) is 9.66. The molecule has 2 aliphatic heterocycles. The van der Waals surface area contributed by atoms with Crippen LogP contribution in [0.3, 0.4) is 0 Å². The summed E-state index contributed by atoms with van der Waals surface area (Å²) in [7, 11) is 0. The highest BCUT2D eigenvalue weighted by Crippen LogP contribution is 2.33. The summed E-state index contributed by atoms with van der Waals surface area (Å²) in [5.41, 5.74) is 0.454. The predicted octanol–water partition coefficient (Wildman–Crippen LogP) is 0.690. The second kappa shape index (κ2) is 2.46. The van der Waals surface area contributed by atoms with Gasteiger partial charge in [0.2, 0.25) is 0 Å². The van der Waals surface area contributed by atoms with E-state index in [9.17, 15) is 0 Å². The van der Waals surface area contributed by atoms with E-state index in [1.807, 2.05) is 0 Å². The minimum absolute atomic E-state index is 0.454. The summed E-state index contributed by atoms with van der Waals surface area (Å²) < 4.78 is 0. The third kappa shape index (κ3) is 1.09. The Labute approximate surface area is 69.0 Å². The summed E-state index contributed by atoms with van der Waals surface area (Å²) in [6.07, 6.45) is 1.38. The largest absolute Gasteiger partial charge is 0.310 e. The van der Waals surface area contributed by atoms with E-state index < -0.39 is 0 Å². The fourth-order valence-electron chi connectivity index (χ4n) is 2.55. The molecule has 0 aromatic heterocycles. The lowest BCUT2D eigenvalue weighted by Crippen LogP contribution is -2.43. The average molecular weight is 154 g/mol. The quantitative estimate of drug-likeness (QED) is 0.598. The summed E-state index contributed by atoms with van der Waals surface area (Å²) >= 11 is 0. The lowest BCUT2D eigenvalue weighted by Gasteiger charge is -2.23. The maximum absolute atomic E-state index is 3.62. The van der Waals surface area contributed by atoms with E-state index in [1.165, 1.54) is 32.6 Å². The van der Waals surface area contributed by atoms with Crippen LogP contribution in [0.1, 0.15) is 20.3 Å². The number of nitrogens with one attached hydrogen (secondary N) is 1. The molecule has 2 aliphatic rings. The number of nitrogens with zero attached hydrogens (tertiary/aromatic N) is 1. The van der Waals surface area contributed by atoms with Gasteiger partial charge >= 0.3 is 0 Å². The van der Waals surface area contributed by atoms with Crippen LogP contribution >= 0.6 is 0 Å². The molecule has 2 nitrogen and oxygen atoms in total. The maximum Gasteiger partial charge on any atom is 0.0321 e. The van der Waals surface area contributed by atoms with E-state index in [-0.39, 0.29) is 0 Å². The molecule has 0 radical (unpaired) electrons. The summed E-state index contributed by atoms with van der Waals surface area (Å²) in [5, 5.41) is 3.62. The maximum atomic E-state index is 3.62. The van der Waals surface area contributed by atoms with Crippen LogP contribution in [0, 0.1) is 5.92 Å². The highest BCUT2D eigenvalue weighted by Gasteiger charge is 2.44. The van der Waals surface area contributed by atoms with Gasteiger partial charge in [0.05, 0.1) is 0 Å². The molecule has 0 aliphatic carbocycles. The SMILES string of the molecule is CCN1CC2CCNC2(C)C1. The molecule has 0 spiro atoms. The molecule has 0 amide bonds. The molecular formula is C9H18N2. The first kappa shape index (κ1) is 7.56. The van der Waals surface area contributed by atoms with Crippen molar-refractivity contribution in [1.29, 1.82) is 0 Å². The number of hydrogen-bond donors (Lipinski definition) is 1. The highest BCUT2D eigenvalue weighted by molar-refractivity contribution is 5.04. The Kier molecular flexibility index (Phi) is 1.69. The normalized spacial score (nSPS) is 44.7. The molecule has 0 aromatic carbocycles. The van der Waals surface area contributed by atoms with Crippen LogP contribution in [0.5, 0.6) is 0 Å². The Hall–Kier alpha value is -0.0800. The molecule has 0 saturated carbocycles. The molecule has 64 valence electrons. The molecule has 2 unspecified atom stereocenters. The summed E-state index contributed by atoms with van der Waals surface area (Å²) in [5.74, 6) is 0.919. The Morgan fingerprint density at radius 2 is 2.45 bits per heavy atom. The molecule has 2 saturated heterocycles. The number of hydrogen-bond acceptors (Lipinski definition) is 2. The minimum atomic E-state index is 0.454. The van der Waals surface area contributed by atoms with Gasteiger partial charge in [-0.1, -0.05) is 6.92 Å².